The van der Waals surface area contributed by atoms with Crippen molar-refractivity contribution in [2.75, 3.05) is 13.7 Å². The van der Waals surface area contributed by atoms with Gasteiger partial charge in [-0.25, -0.2) is 0 Å². The minimum atomic E-state index is -0.489. The average molecular weight is 235 g/mol. The van der Waals surface area contributed by atoms with Crippen LogP contribution in [0, 0.1) is 5.41 Å². The predicted octanol–water partition coefficient (Wildman–Crippen LogP) is 2.15. The van der Waals surface area contributed by atoms with E-state index in [0.29, 0.717) is 19.4 Å². The number of amides is 1. The molecule has 0 saturated heterocycles. The topological polar surface area (TPSA) is 52.3 Å². The van der Waals surface area contributed by atoms with E-state index in [1.54, 1.807) is 7.11 Å². The zero-order valence-electron chi connectivity index (χ0n) is 10.6. The van der Waals surface area contributed by atoms with Gasteiger partial charge in [0.05, 0.1) is 5.41 Å². The van der Waals surface area contributed by atoms with Gasteiger partial charge in [-0.1, -0.05) is 37.3 Å². The lowest BCUT2D eigenvalue weighted by molar-refractivity contribution is -0.129. The van der Waals surface area contributed by atoms with Gasteiger partial charge in [-0.05, 0) is 24.8 Å². The first-order valence-electron chi connectivity index (χ1n) is 5.97. The Hall–Kier alpha value is -1.35. The molecule has 1 aromatic carbocycles. The smallest absolute Gasteiger partial charge is 0.224 e. The zero-order chi connectivity index (χ0) is 12.7. The Kier molecular flexibility index (Phi) is 5.16. The number of ether oxygens (including phenoxy) is 1. The molecule has 94 valence electrons. The molecule has 0 aliphatic heterocycles. The van der Waals surface area contributed by atoms with Crippen LogP contribution < -0.4 is 5.73 Å². The van der Waals surface area contributed by atoms with Crippen molar-refractivity contribution >= 4 is 5.91 Å². The molecule has 0 saturated carbocycles. The second-order valence-electron chi connectivity index (χ2n) is 4.40. The van der Waals surface area contributed by atoms with Gasteiger partial charge in [0.15, 0.2) is 0 Å². The average Bonchev–Trinajstić information content (AvgIpc) is 2.35. The van der Waals surface area contributed by atoms with Crippen molar-refractivity contribution < 1.29 is 9.53 Å². The van der Waals surface area contributed by atoms with Crippen LogP contribution in [0.1, 0.15) is 25.3 Å². The third kappa shape index (κ3) is 3.56. The molecule has 0 fully saturated rings. The second-order valence-corrected chi connectivity index (χ2v) is 4.40. The Morgan fingerprint density at radius 1 is 1.35 bits per heavy atom. The normalized spacial score (nSPS) is 14.2. The first-order valence-corrected chi connectivity index (χ1v) is 5.97. The van der Waals surface area contributed by atoms with Crippen LogP contribution in [0.15, 0.2) is 30.3 Å². The van der Waals surface area contributed by atoms with E-state index >= 15 is 0 Å². The molecule has 3 nitrogen and oxygen atoms in total. The van der Waals surface area contributed by atoms with E-state index in [-0.39, 0.29) is 5.91 Å². The molecule has 0 spiro atoms. The number of nitrogens with two attached hydrogens (primary N) is 1. The molecule has 0 aliphatic rings. The number of carbonyl (C=O) groups excluding carboxylic acids is 1. The lowest BCUT2D eigenvalue weighted by Crippen LogP contribution is -2.39. The molecule has 3 heteroatoms. The molecular weight excluding hydrogens is 214 g/mol. The molecule has 1 amide bonds. The van der Waals surface area contributed by atoms with Crippen molar-refractivity contribution in [3.05, 3.63) is 35.9 Å². The predicted molar refractivity (Wildman–Crippen MR) is 68.6 cm³/mol. The summed E-state index contributed by atoms with van der Waals surface area (Å²) in [5, 5.41) is 0. The van der Waals surface area contributed by atoms with Crippen molar-refractivity contribution in [2.45, 2.75) is 26.2 Å². The van der Waals surface area contributed by atoms with E-state index in [1.165, 1.54) is 0 Å². The molecule has 1 rings (SSSR count). The maximum absolute atomic E-state index is 11.7. The molecule has 1 atom stereocenters. The zero-order valence-corrected chi connectivity index (χ0v) is 10.6. The van der Waals surface area contributed by atoms with Crippen LogP contribution in [-0.4, -0.2) is 19.6 Å². The van der Waals surface area contributed by atoms with E-state index in [2.05, 4.69) is 0 Å². The maximum atomic E-state index is 11.7. The first kappa shape index (κ1) is 13.7. The van der Waals surface area contributed by atoms with Crippen LogP contribution in [0.3, 0.4) is 0 Å². The summed E-state index contributed by atoms with van der Waals surface area (Å²) in [6.45, 7) is 2.56. The van der Waals surface area contributed by atoms with E-state index in [4.69, 9.17) is 10.5 Å². The quantitative estimate of drug-likeness (QED) is 0.787. The highest BCUT2D eigenvalue weighted by atomic mass is 16.5. The van der Waals surface area contributed by atoms with Crippen LogP contribution in [0.5, 0.6) is 0 Å². The second kappa shape index (κ2) is 6.40. The van der Waals surface area contributed by atoms with Gasteiger partial charge >= 0.3 is 0 Å². The molecule has 1 aromatic rings. The third-order valence-corrected chi connectivity index (χ3v) is 3.37. The highest BCUT2D eigenvalue weighted by Gasteiger charge is 2.34. The molecule has 17 heavy (non-hydrogen) atoms. The van der Waals surface area contributed by atoms with Crippen molar-refractivity contribution in [3.8, 4) is 0 Å². The van der Waals surface area contributed by atoms with Gasteiger partial charge in [-0.2, -0.15) is 0 Å². The lowest BCUT2D eigenvalue weighted by atomic mass is 9.76. The lowest BCUT2D eigenvalue weighted by Gasteiger charge is -2.29. The summed E-state index contributed by atoms with van der Waals surface area (Å²) >= 11 is 0. The third-order valence-electron chi connectivity index (χ3n) is 3.37. The fourth-order valence-corrected chi connectivity index (χ4v) is 2.06. The van der Waals surface area contributed by atoms with Crippen molar-refractivity contribution in [2.24, 2.45) is 11.1 Å². The highest BCUT2D eigenvalue weighted by molar-refractivity contribution is 5.81. The number of primary amides is 1. The molecule has 0 aromatic heterocycles. The summed E-state index contributed by atoms with van der Waals surface area (Å²) in [6.07, 6.45) is 2.09. The Balaban J connectivity index is 2.86. The highest BCUT2D eigenvalue weighted by Crippen LogP contribution is 2.30. The van der Waals surface area contributed by atoms with Crippen LogP contribution in [0.25, 0.3) is 0 Å². The number of methoxy groups -OCH3 is 1. The van der Waals surface area contributed by atoms with Gasteiger partial charge in [0.2, 0.25) is 5.91 Å². The Labute approximate surface area is 103 Å². The van der Waals surface area contributed by atoms with Crippen LogP contribution >= 0.6 is 0 Å². The van der Waals surface area contributed by atoms with E-state index in [1.807, 2.05) is 37.3 Å². The van der Waals surface area contributed by atoms with Gasteiger partial charge < -0.3 is 10.5 Å². The first-order chi connectivity index (χ1) is 8.14. The summed E-state index contributed by atoms with van der Waals surface area (Å²) in [5.41, 5.74) is 6.23. The van der Waals surface area contributed by atoms with Gasteiger partial charge in [0.25, 0.3) is 0 Å². The molecule has 2 N–H and O–H groups in total. The van der Waals surface area contributed by atoms with Crippen molar-refractivity contribution in [1.29, 1.82) is 0 Å². The Bertz CT molecular complexity index is 350. The van der Waals surface area contributed by atoms with Crippen LogP contribution in [0.4, 0.5) is 0 Å². The standard InChI is InChI=1S/C14H21NO2/c1-3-14(13(15)16,9-10-17-2)11-12-7-5-4-6-8-12/h4-8H,3,9-11H2,1-2H3,(H2,15,16). The Morgan fingerprint density at radius 3 is 2.47 bits per heavy atom. The molecule has 0 radical (unpaired) electrons. The van der Waals surface area contributed by atoms with E-state index < -0.39 is 5.41 Å². The summed E-state index contributed by atoms with van der Waals surface area (Å²) in [4.78, 5) is 11.7. The van der Waals surface area contributed by atoms with Gasteiger partial charge in [0, 0.05) is 13.7 Å². The van der Waals surface area contributed by atoms with Gasteiger partial charge in [0.1, 0.15) is 0 Å². The number of rotatable bonds is 7. The fraction of sp³-hybridized carbons (Fsp3) is 0.500. The molecule has 1 unspecified atom stereocenters. The summed E-state index contributed by atoms with van der Waals surface area (Å²) in [7, 11) is 1.64. The summed E-state index contributed by atoms with van der Waals surface area (Å²) in [6, 6.07) is 9.98. The number of benzene rings is 1. The van der Waals surface area contributed by atoms with Gasteiger partial charge in [-0.15, -0.1) is 0 Å². The number of hydrogen-bond donors (Lipinski definition) is 1. The monoisotopic (exact) mass is 235 g/mol. The van der Waals surface area contributed by atoms with E-state index in [0.717, 1.165) is 12.0 Å². The number of hydrogen-bond acceptors (Lipinski definition) is 2. The minimum Gasteiger partial charge on any atom is -0.385 e. The summed E-state index contributed by atoms with van der Waals surface area (Å²) < 4.78 is 5.08. The summed E-state index contributed by atoms with van der Waals surface area (Å²) in [5.74, 6) is -0.235. The number of carbonyl (C=O) groups is 1. The molecular formula is C14H21NO2. The molecule has 0 aliphatic carbocycles. The molecule has 0 bridgehead atoms. The fourth-order valence-electron chi connectivity index (χ4n) is 2.06. The Morgan fingerprint density at radius 2 is 2.00 bits per heavy atom. The van der Waals surface area contributed by atoms with E-state index in [9.17, 15) is 4.79 Å². The maximum Gasteiger partial charge on any atom is 0.224 e. The van der Waals surface area contributed by atoms with Crippen molar-refractivity contribution in [1.82, 2.24) is 0 Å². The van der Waals surface area contributed by atoms with Crippen LogP contribution in [0.2, 0.25) is 0 Å². The van der Waals surface area contributed by atoms with Crippen molar-refractivity contribution in [3.63, 3.8) is 0 Å². The van der Waals surface area contributed by atoms with Gasteiger partial charge in [-0.3, -0.25) is 4.79 Å². The SMILES string of the molecule is CCC(CCOC)(Cc1ccccc1)C(N)=O. The minimum absolute atomic E-state index is 0.235. The molecule has 0 heterocycles. The largest absolute Gasteiger partial charge is 0.385 e. The van der Waals surface area contributed by atoms with Crippen LogP contribution in [-0.2, 0) is 16.0 Å².